The maximum atomic E-state index is 3.64. The van der Waals surface area contributed by atoms with E-state index in [9.17, 15) is 0 Å². The Morgan fingerprint density at radius 2 is 0.952 bits per heavy atom. The first kappa shape index (κ1) is 18.7. The zero-order chi connectivity index (χ0) is 15.9. The third kappa shape index (κ3) is 3.87. The van der Waals surface area contributed by atoms with Crippen LogP contribution in [0, 0.1) is 20.3 Å². The zero-order valence-corrected chi connectivity index (χ0v) is 20.4. The van der Waals surface area contributed by atoms with Gasteiger partial charge < -0.3 is 0 Å². The van der Waals surface area contributed by atoms with E-state index < -0.39 is 0 Å². The van der Waals surface area contributed by atoms with Crippen LogP contribution >= 0.6 is 95.6 Å². The van der Waals surface area contributed by atoms with Crippen LogP contribution < -0.4 is 0 Å². The Hall–Kier alpha value is 1.32. The highest BCUT2D eigenvalue weighted by molar-refractivity contribution is 9.13. The molecule has 2 aromatic carbocycles. The normalized spacial score (nSPS) is 11.0. The van der Waals surface area contributed by atoms with E-state index in [4.69, 9.17) is 0 Å². The van der Waals surface area contributed by atoms with Gasteiger partial charge >= 0.3 is 0 Å². The molecule has 6 heteroatoms. The SMILES string of the molecule is Cc1cc(Br)c([C]c2c(Br)cc(C)c(Br)c2Br)c(Br)c1Br. The maximum absolute atomic E-state index is 3.64. The predicted molar refractivity (Wildman–Crippen MR) is 110 cm³/mol. The predicted octanol–water partition coefficient (Wildman–Crippen LogP) is 8.36. The van der Waals surface area contributed by atoms with Gasteiger partial charge in [0, 0.05) is 26.8 Å². The van der Waals surface area contributed by atoms with Crippen LogP contribution in [0.15, 0.2) is 39.0 Å². The van der Waals surface area contributed by atoms with Gasteiger partial charge in [0.25, 0.3) is 0 Å². The van der Waals surface area contributed by atoms with Gasteiger partial charge in [0.15, 0.2) is 0 Å². The summed E-state index contributed by atoms with van der Waals surface area (Å²) in [6.07, 6.45) is 3.47. The van der Waals surface area contributed by atoms with E-state index in [1.807, 2.05) is 0 Å². The molecule has 0 unspecified atom stereocenters. The summed E-state index contributed by atoms with van der Waals surface area (Å²) in [5, 5.41) is 0. The molecule has 2 aromatic rings. The largest absolute Gasteiger partial charge is 0.0550 e. The van der Waals surface area contributed by atoms with Crippen LogP contribution in [0.5, 0.6) is 0 Å². The highest BCUT2D eigenvalue weighted by Crippen LogP contribution is 2.42. The highest BCUT2D eigenvalue weighted by Gasteiger charge is 2.18. The smallest absolute Gasteiger partial charge is 0.0504 e. The first-order chi connectivity index (χ1) is 9.73. The second-order valence-electron chi connectivity index (χ2n) is 4.48. The Kier molecular flexibility index (Phi) is 6.64. The fourth-order valence-corrected chi connectivity index (χ4v) is 5.47. The maximum Gasteiger partial charge on any atom is 0.0550 e. The highest BCUT2D eigenvalue weighted by atomic mass is 79.9. The molecule has 110 valence electrons. The van der Waals surface area contributed by atoms with Crippen LogP contribution in [0.2, 0.25) is 0 Å². The van der Waals surface area contributed by atoms with Crippen LogP contribution in [-0.4, -0.2) is 0 Å². The molecular weight excluding hydrogens is 660 g/mol. The van der Waals surface area contributed by atoms with E-state index in [-0.39, 0.29) is 0 Å². The molecule has 0 spiro atoms. The van der Waals surface area contributed by atoms with Crippen molar-refractivity contribution in [3.05, 3.63) is 67.6 Å². The van der Waals surface area contributed by atoms with E-state index in [1.165, 1.54) is 0 Å². The molecule has 2 radical (unpaired) electrons. The lowest BCUT2D eigenvalue weighted by molar-refractivity contribution is 1.27. The van der Waals surface area contributed by atoms with Crippen LogP contribution in [0.3, 0.4) is 0 Å². The molecule has 0 saturated carbocycles. The van der Waals surface area contributed by atoms with E-state index in [2.05, 4.69) is 128 Å². The molecule has 0 saturated heterocycles. The Balaban J connectivity index is 2.59. The van der Waals surface area contributed by atoms with Crippen LogP contribution in [0.25, 0.3) is 0 Å². The van der Waals surface area contributed by atoms with Gasteiger partial charge in [-0.1, -0.05) is 31.9 Å². The third-order valence-corrected chi connectivity index (χ3v) is 8.88. The van der Waals surface area contributed by atoms with Gasteiger partial charge in [0.05, 0.1) is 6.42 Å². The number of halogens is 6. The second-order valence-corrected chi connectivity index (χ2v) is 9.36. The number of hydrogen-bond donors (Lipinski definition) is 0. The number of rotatable bonds is 2. The van der Waals surface area contributed by atoms with Crippen molar-refractivity contribution in [3.63, 3.8) is 0 Å². The third-order valence-electron chi connectivity index (χ3n) is 2.93. The van der Waals surface area contributed by atoms with Crippen molar-refractivity contribution in [3.8, 4) is 0 Å². The zero-order valence-electron chi connectivity index (χ0n) is 10.9. The molecule has 0 bridgehead atoms. The molecule has 0 aliphatic carbocycles. The lowest BCUT2D eigenvalue weighted by Crippen LogP contribution is -1.96. The first-order valence-corrected chi connectivity index (χ1v) is 10.5. The molecule has 0 N–H and O–H groups in total. The van der Waals surface area contributed by atoms with Crippen LogP contribution in [-0.2, 0) is 0 Å². The van der Waals surface area contributed by atoms with Crippen molar-refractivity contribution in [2.24, 2.45) is 0 Å². The summed E-state index contributed by atoms with van der Waals surface area (Å²) < 4.78 is 6.00. The summed E-state index contributed by atoms with van der Waals surface area (Å²) >= 11 is 21.7. The Labute approximate surface area is 175 Å². The standard InChI is InChI=1S/C15H8Br6/c1-6-3-10(16)8(14(20)12(6)18)5-9-11(17)4-7(2)13(19)15(9)21/h3-4H,1-2H3. The fourth-order valence-electron chi connectivity index (χ4n) is 1.78. The number of benzene rings is 2. The topological polar surface area (TPSA) is 0 Å². The minimum Gasteiger partial charge on any atom is -0.0504 e. The van der Waals surface area contributed by atoms with Crippen molar-refractivity contribution in [2.45, 2.75) is 13.8 Å². The summed E-state index contributed by atoms with van der Waals surface area (Å²) in [7, 11) is 0. The molecule has 0 atom stereocenters. The molecule has 0 nitrogen and oxygen atoms in total. The van der Waals surface area contributed by atoms with Crippen molar-refractivity contribution in [1.82, 2.24) is 0 Å². The quantitative estimate of drug-likeness (QED) is 0.283. The summed E-state index contributed by atoms with van der Waals surface area (Å²) in [4.78, 5) is 0. The molecule has 0 aliphatic rings. The van der Waals surface area contributed by atoms with Crippen LogP contribution in [0.4, 0.5) is 0 Å². The lowest BCUT2D eigenvalue weighted by atomic mass is 10.0. The number of hydrogen-bond acceptors (Lipinski definition) is 0. The Morgan fingerprint density at radius 1 is 0.619 bits per heavy atom. The van der Waals surface area contributed by atoms with Gasteiger partial charge in [0.1, 0.15) is 0 Å². The minimum absolute atomic E-state index is 0.963. The molecule has 0 amide bonds. The van der Waals surface area contributed by atoms with Gasteiger partial charge in [-0.25, -0.2) is 0 Å². The molecule has 2 rings (SSSR count). The first-order valence-electron chi connectivity index (χ1n) is 5.79. The second kappa shape index (κ2) is 7.47. The minimum atomic E-state index is 0.963. The Morgan fingerprint density at radius 3 is 1.29 bits per heavy atom. The molecule has 21 heavy (non-hydrogen) atoms. The molecule has 0 aliphatic heterocycles. The van der Waals surface area contributed by atoms with E-state index in [0.717, 1.165) is 49.1 Å². The van der Waals surface area contributed by atoms with E-state index in [0.29, 0.717) is 0 Å². The lowest BCUT2D eigenvalue weighted by Gasteiger charge is -2.15. The van der Waals surface area contributed by atoms with Crippen molar-refractivity contribution < 1.29 is 0 Å². The van der Waals surface area contributed by atoms with E-state index >= 15 is 0 Å². The summed E-state index contributed by atoms with van der Waals surface area (Å²) in [6, 6.07) is 4.14. The summed E-state index contributed by atoms with van der Waals surface area (Å²) in [5.74, 6) is 0. The Bertz CT molecular complexity index is 660. The molecular formula is C15H8Br6. The summed E-state index contributed by atoms with van der Waals surface area (Å²) in [6.45, 7) is 4.11. The summed E-state index contributed by atoms with van der Waals surface area (Å²) in [5.41, 5.74) is 4.24. The average molecular weight is 668 g/mol. The van der Waals surface area contributed by atoms with Gasteiger partial charge in [-0.15, -0.1) is 0 Å². The van der Waals surface area contributed by atoms with Gasteiger partial charge in [-0.2, -0.15) is 0 Å². The molecule has 0 aromatic heterocycles. The average Bonchev–Trinajstić information content (AvgIpc) is 2.42. The molecule has 0 fully saturated rings. The van der Waals surface area contributed by atoms with Gasteiger partial charge in [0.2, 0.25) is 0 Å². The number of aryl methyl sites for hydroxylation is 2. The van der Waals surface area contributed by atoms with Crippen molar-refractivity contribution >= 4 is 95.6 Å². The van der Waals surface area contributed by atoms with Gasteiger partial charge in [-0.05, 0) is 112 Å². The van der Waals surface area contributed by atoms with Crippen LogP contribution in [0.1, 0.15) is 22.3 Å². The van der Waals surface area contributed by atoms with E-state index in [1.54, 1.807) is 0 Å². The fraction of sp³-hybridized carbons (Fsp3) is 0.133. The van der Waals surface area contributed by atoms with Crippen molar-refractivity contribution in [2.75, 3.05) is 0 Å². The van der Waals surface area contributed by atoms with Gasteiger partial charge in [-0.3, -0.25) is 0 Å². The van der Waals surface area contributed by atoms with Crippen molar-refractivity contribution in [1.29, 1.82) is 0 Å². The molecule has 0 heterocycles. The monoisotopic (exact) mass is 662 g/mol.